The third-order valence-corrected chi connectivity index (χ3v) is 3.90. The van der Waals surface area contributed by atoms with Crippen LogP contribution in [0.1, 0.15) is 18.4 Å². The summed E-state index contributed by atoms with van der Waals surface area (Å²) in [6.45, 7) is 0.276. The van der Waals surface area contributed by atoms with Gasteiger partial charge in [-0.1, -0.05) is 30.3 Å². The quantitative estimate of drug-likeness (QED) is 0.608. The summed E-state index contributed by atoms with van der Waals surface area (Å²) in [5.41, 5.74) is 6.13. The molecule has 0 heterocycles. The van der Waals surface area contributed by atoms with Gasteiger partial charge in [0.25, 0.3) is 0 Å². The van der Waals surface area contributed by atoms with Crippen LogP contribution in [0.5, 0.6) is 0 Å². The number of hydrogen-bond acceptors (Lipinski definition) is 4. The Balaban J connectivity index is 3.02. The van der Waals surface area contributed by atoms with Crippen LogP contribution < -0.4 is 5.73 Å². The first-order chi connectivity index (χ1) is 8.71. The van der Waals surface area contributed by atoms with Crippen LogP contribution >= 0.6 is 11.8 Å². The van der Waals surface area contributed by atoms with E-state index in [1.165, 1.54) is 7.11 Å². The molecule has 18 heavy (non-hydrogen) atoms. The number of carbonyl (C=O) groups excluding carboxylic acids is 1. The van der Waals surface area contributed by atoms with E-state index in [0.717, 1.165) is 24.2 Å². The highest BCUT2D eigenvalue weighted by molar-refractivity contribution is 7.98. The van der Waals surface area contributed by atoms with E-state index in [1.54, 1.807) is 11.8 Å². The second-order valence-corrected chi connectivity index (χ2v) is 5.23. The van der Waals surface area contributed by atoms with Crippen LogP contribution in [-0.4, -0.2) is 31.6 Å². The van der Waals surface area contributed by atoms with Gasteiger partial charge in [-0.2, -0.15) is 11.8 Å². The number of methoxy groups -OCH3 is 1. The van der Waals surface area contributed by atoms with Crippen molar-refractivity contribution in [1.82, 2.24) is 0 Å². The molecule has 0 radical (unpaired) electrons. The fourth-order valence-electron chi connectivity index (χ4n) is 2.14. The van der Waals surface area contributed by atoms with E-state index in [4.69, 9.17) is 10.5 Å². The van der Waals surface area contributed by atoms with Gasteiger partial charge in [0.05, 0.1) is 7.11 Å². The monoisotopic (exact) mass is 267 g/mol. The molecule has 1 unspecified atom stereocenters. The Morgan fingerprint density at radius 3 is 2.56 bits per heavy atom. The zero-order valence-corrected chi connectivity index (χ0v) is 11.8. The summed E-state index contributed by atoms with van der Waals surface area (Å²) >= 11 is 1.77. The van der Waals surface area contributed by atoms with Gasteiger partial charge < -0.3 is 10.5 Å². The minimum absolute atomic E-state index is 0.239. The highest BCUT2D eigenvalue weighted by Crippen LogP contribution is 2.30. The molecule has 0 bridgehead atoms. The molecule has 0 aliphatic rings. The number of thioether (sulfide) groups is 1. The van der Waals surface area contributed by atoms with Crippen molar-refractivity contribution >= 4 is 17.7 Å². The molecule has 4 heteroatoms. The molecular weight excluding hydrogens is 246 g/mol. The molecule has 1 aromatic rings. The third-order valence-electron chi connectivity index (χ3n) is 3.20. The summed E-state index contributed by atoms with van der Waals surface area (Å²) in [7, 11) is 1.42. The van der Waals surface area contributed by atoms with Gasteiger partial charge in [-0.15, -0.1) is 0 Å². The highest BCUT2D eigenvalue weighted by atomic mass is 32.2. The lowest BCUT2D eigenvalue weighted by Gasteiger charge is -2.30. The number of rotatable bonds is 7. The van der Waals surface area contributed by atoms with Crippen molar-refractivity contribution in [3.63, 3.8) is 0 Å². The molecule has 0 spiro atoms. The topological polar surface area (TPSA) is 52.3 Å². The van der Waals surface area contributed by atoms with Crippen LogP contribution in [0.15, 0.2) is 30.3 Å². The smallest absolute Gasteiger partial charge is 0.317 e. The van der Waals surface area contributed by atoms with E-state index in [0.29, 0.717) is 0 Å². The molecule has 0 amide bonds. The van der Waals surface area contributed by atoms with Gasteiger partial charge in [0.15, 0.2) is 0 Å². The lowest BCUT2D eigenvalue weighted by atomic mass is 9.77. The van der Waals surface area contributed by atoms with E-state index in [9.17, 15) is 4.79 Å². The SMILES string of the molecule is COC(=O)C(CN)(CCCSC)c1ccccc1. The molecule has 3 nitrogen and oxygen atoms in total. The molecule has 1 rings (SSSR count). The van der Waals surface area contributed by atoms with E-state index in [1.807, 2.05) is 30.3 Å². The highest BCUT2D eigenvalue weighted by Gasteiger charge is 2.39. The van der Waals surface area contributed by atoms with Gasteiger partial charge in [0, 0.05) is 6.54 Å². The molecule has 1 atom stereocenters. The molecule has 0 saturated heterocycles. The first-order valence-corrected chi connectivity index (χ1v) is 7.43. The second-order valence-electron chi connectivity index (χ2n) is 4.24. The van der Waals surface area contributed by atoms with Gasteiger partial charge in [-0.05, 0) is 30.4 Å². The van der Waals surface area contributed by atoms with Crippen LogP contribution in [0.2, 0.25) is 0 Å². The predicted molar refractivity (Wildman–Crippen MR) is 76.8 cm³/mol. The summed E-state index contributed by atoms with van der Waals surface area (Å²) in [4.78, 5) is 12.2. The summed E-state index contributed by atoms with van der Waals surface area (Å²) in [6.07, 6.45) is 3.73. The maximum absolute atomic E-state index is 12.2. The summed E-state index contributed by atoms with van der Waals surface area (Å²) < 4.78 is 4.97. The first-order valence-electron chi connectivity index (χ1n) is 6.04. The number of benzene rings is 1. The van der Waals surface area contributed by atoms with Crippen molar-refractivity contribution < 1.29 is 9.53 Å². The van der Waals surface area contributed by atoms with Crippen molar-refractivity contribution in [2.75, 3.05) is 25.7 Å². The molecule has 0 fully saturated rings. The van der Waals surface area contributed by atoms with E-state index < -0.39 is 5.41 Å². The Labute approximate surface area is 113 Å². The summed E-state index contributed by atoms with van der Waals surface area (Å²) in [5, 5.41) is 0. The minimum atomic E-state index is -0.703. The second kappa shape index (κ2) is 7.44. The Kier molecular flexibility index (Phi) is 6.22. The largest absolute Gasteiger partial charge is 0.468 e. The maximum atomic E-state index is 12.2. The fourth-order valence-corrected chi connectivity index (χ4v) is 2.57. The van der Waals surface area contributed by atoms with Crippen LogP contribution in [0.25, 0.3) is 0 Å². The van der Waals surface area contributed by atoms with Gasteiger partial charge in [-0.3, -0.25) is 4.79 Å². The van der Waals surface area contributed by atoms with Crippen LogP contribution in [0, 0.1) is 0 Å². The Morgan fingerprint density at radius 1 is 1.39 bits per heavy atom. The first kappa shape index (κ1) is 15.1. The maximum Gasteiger partial charge on any atom is 0.317 e. The number of hydrogen-bond donors (Lipinski definition) is 1. The summed E-state index contributed by atoms with van der Waals surface area (Å²) in [6, 6.07) is 9.68. The Morgan fingerprint density at radius 2 is 2.06 bits per heavy atom. The average molecular weight is 267 g/mol. The van der Waals surface area contributed by atoms with Crippen LogP contribution in [0.3, 0.4) is 0 Å². The molecule has 100 valence electrons. The zero-order valence-electron chi connectivity index (χ0n) is 11.0. The van der Waals surface area contributed by atoms with Crippen molar-refractivity contribution in [3.05, 3.63) is 35.9 Å². The molecule has 0 saturated carbocycles. The molecule has 0 aliphatic carbocycles. The number of nitrogens with two attached hydrogens (primary N) is 1. The Hall–Kier alpha value is -1.00. The van der Waals surface area contributed by atoms with Crippen molar-refractivity contribution in [2.24, 2.45) is 5.73 Å². The Bertz CT molecular complexity index is 369. The molecule has 1 aromatic carbocycles. The average Bonchev–Trinajstić information content (AvgIpc) is 2.44. The van der Waals surface area contributed by atoms with E-state index in [-0.39, 0.29) is 12.5 Å². The van der Waals surface area contributed by atoms with Crippen molar-refractivity contribution in [3.8, 4) is 0 Å². The minimum Gasteiger partial charge on any atom is -0.468 e. The van der Waals surface area contributed by atoms with E-state index in [2.05, 4.69) is 6.26 Å². The van der Waals surface area contributed by atoms with Crippen molar-refractivity contribution in [2.45, 2.75) is 18.3 Å². The summed E-state index contributed by atoms with van der Waals surface area (Å²) in [5.74, 6) is 0.781. The molecule has 0 aliphatic heterocycles. The lowest BCUT2D eigenvalue weighted by molar-refractivity contribution is -0.147. The van der Waals surface area contributed by atoms with Gasteiger partial charge >= 0.3 is 5.97 Å². The molecular formula is C14H21NO2S. The van der Waals surface area contributed by atoms with Crippen LogP contribution in [-0.2, 0) is 14.9 Å². The number of esters is 1. The molecule has 0 aromatic heterocycles. The normalized spacial score (nSPS) is 13.9. The third kappa shape index (κ3) is 3.27. The fraction of sp³-hybridized carbons (Fsp3) is 0.500. The van der Waals surface area contributed by atoms with E-state index >= 15 is 0 Å². The van der Waals surface area contributed by atoms with Gasteiger partial charge in [-0.25, -0.2) is 0 Å². The van der Waals surface area contributed by atoms with Gasteiger partial charge in [0.1, 0.15) is 5.41 Å². The standard InChI is InChI=1S/C14H21NO2S/c1-17-13(16)14(11-15,9-6-10-18-2)12-7-4-3-5-8-12/h3-5,7-8H,6,9-11,15H2,1-2H3. The lowest BCUT2D eigenvalue weighted by Crippen LogP contribution is -2.44. The van der Waals surface area contributed by atoms with Crippen molar-refractivity contribution in [1.29, 1.82) is 0 Å². The van der Waals surface area contributed by atoms with Gasteiger partial charge in [0.2, 0.25) is 0 Å². The number of ether oxygens (including phenoxy) is 1. The number of carbonyl (C=O) groups is 1. The predicted octanol–water partition coefficient (Wildman–Crippen LogP) is 2.20. The molecule has 2 N–H and O–H groups in total. The zero-order chi connectivity index (χ0) is 13.4. The van der Waals surface area contributed by atoms with Crippen LogP contribution in [0.4, 0.5) is 0 Å².